The predicted molar refractivity (Wildman–Crippen MR) is 76.0 cm³/mol. The average molecular weight is 301 g/mol. The number of aromatic nitrogens is 1. The first kappa shape index (κ1) is 15.5. The first-order chi connectivity index (χ1) is 9.32. The van der Waals surface area contributed by atoms with Gasteiger partial charge in [0, 0.05) is 32.7 Å². The highest BCUT2D eigenvalue weighted by molar-refractivity contribution is 7.89. The molecule has 1 fully saturated rings. The van der Waals surface area contributed by atoms with Gasteiger partial charge in [-0.05, 0) is 19.8 Å². The van der Waals surface area contributed by atoms with Gasteiger partial charge in [0.2, 0.25) is 10.0 Å². The van der Waals surface area contributed by atoms with Gasteiger partial charge in [0.1, 0.15) is 10.6 Å². The molecule has 1 aliphatic heterocycles. The fourth-order valence-electron chi connectivity index (χ4n) is 2.64. The minimum Gasteiger partial charge on any atom is -0.360 e. The Labute approximate surface area is 120 Å². The number of rotatable bonds is 4. The highest BCUT2D eigenvalue weighted by Gasteiger charge is 2.33. The van der Waals surface area contributed by atoms with E-state index in [1.165, 1.54) is 4.31 Å². The van der Waals surface area contributed by atoms with E-state index in [0.29, 0.717) is 30.5 Å². The van der Waals surface area contributed by atoms with Gasteiger partial charge < -0.3 is 9.42 Å². The summed E-state index contributed by atoms with van der Waals surface area (Å²) in [6.45, 7) is 11.3. The molecule has 0 saturated carbocycles. The molecule has 6 nitrogen and oxygen atoms in total. The number of nitrogens with zero attached hydrogens (tertiary/aromatic N) is 3. The first-order valence-corrected chi connectivity index (χ1v) is 8.41. The van der Waals surface area contributed by atoms with Crippen molar-refractivity contribution in [2.75, 3.05) is 32.7 Å². The minimum atomic E-state index is -3.48. The van der Waals surface area contributed by atoms with Crippen molar-refractivity contribution in [3.05, 3.63) is 11.5 Å². The molecule has 1 aliphatic rings. The van der Waals surface area contributed by atoms with Crippen molar-refractivity contribution in [3.8, 4) is 0 Å². The summed E-state index contributed by atoms with van der Waals surface area (Å²) in [5.41, 5.74) is 0.437. The molecule has 0 spiro atoms. The van der Waals surface area contributed by atoms with Crippen molar-refractivity contribution in [3.63, 3.8) is 0 Å². The Bertz CT molecular complexity index is 538. The third-order valence-corrected chi connectivity index (χ3v) is 5.66. The maximum atomic E-state index is 12.6. The summed E-state index contributed by atoms with van der Waals surface area (Å²) in [6, 6.07) is 0. The molecule has 0 bridgehead atoms. The molecule has 2 rings (SSSR count). The summed E-state index contributed by atoms with van der Waals surface area (Å²) in [6.07, 6.45) is 0. The van der Waals surface area contributed by atoms with Crippen LogP contribution in [0.15, 0.2) is 9.42 Å². The van der Waals surface area contributed by atoms with Crippen LogP contribution in [0.5, 0.6) is 0 Å². The van der Waals surface area contributed by atoms with Gasteiger partial charge in [-0.3, -0.25) is 0 Å². The van der Waals surface area contributed by atoms with Crippen LogP contribution >= 0.6 is 0 Å². The van der Waals surface area contributed by atoms with Crippen molar-refractivity contribution in [1.29, 1.82) is 0 Å². The molecule has 1 saturated heterocycles. The molecule has 0 N–H and O–H groups in total. The lowest BCUT2D eigenvalue weighted by Gasteiger charge is -2.34. The molecule has 20 heavy (non-hydrogen) atoms. The van der Waals surface area contributed by atoms with E-state index < -0.39 is 10.0 Å². The molecular weight excluding hydrogens is 278 g/mol. The van der Waals surface area contributed by atoms with Gasteiger partial charge in [-0.25, -0.2) is 8.42 Å². The van der Waals surface area contributed by atoms with Crippen molar-refractivity contribution in [2.45, 2.75) is 32.6 Å². The zero-order valence-corrected chi connectivity index (χ0v) is 13.4. The molecule has 114 valence electrons. The van der Waals surface area contributed by atoms with E-state index in [-0.39, 0.29) is 4.90 Å². The number of hydrogen-bond donors (Lipinski definition) is 0. The number of hydrogen-bond acceptors (Lipinski definition) is 5. The van der Waals surface area contributed by atoms with Crippen LogP contribution in [0.3, 0.4) is 0 Å². The van der Waals surface area contributed by atoms with Crippen LogP contribution in [-0.4, -0.2) is 55.5 Å². The molecule has 1 aromatic heterocycles. The van der Waals surface area contributed by atoms with E-state index in [0.717, 1.165) is 19.6 Å². The molecule has 1 aromatic rings. The van der Waals surface area contributed by atoms with Crippen LogP contribution in [0.4, 0.5) is 0 Å². The quantitative estimate of drug-likeness (QED) is 0.837. The largest absolute Gasteiger partial charge is 0.360 e. The van der Waals surface area contributed by atoms with E-state index in [1.807, 2.05) is 0 Å². The number of aryl methyl sites for hydroxylation is 2. The normalized spacial score (nSPS) is 18.9. The fraction of sp³-hybridized carbons (Fsp3) is 0.769. The lowest BCUT2D eigenvalue weighted by molar-refractivity contribution is 0.172. The summed E-state index contributed by atoms with van der Waals surface area (Å²) in [5, 5.41) is 3.74. The van der Waals surface area contributed by atoms with Gasteiger partial charge in [-0.15, -0.1) is 0 Å². The van der Waals surface area contributed by atoms with Crippen LogP contribution in [-0.2, 0) is 10.0 Å². The van der Waals surface area contributed by atoms with Crippen LogP contribution in [0.2, 0.25) is 0 Å². The Balaban J connectivity index is 2.10. The number of piperazine rings is 1. The van der Waals surface area contributed by atoms with E-state index in [9.17, 15) is 8.42 Å². The van der Waals surface area contributed by atoms with Crippen LogP contribution in [0.1, 0.15) is 25.3 Å². The lowest BCUT2D eigenvalue weighted by Crippen LogP contribution is -2.49. The Hall–Kier alpha value is -0.920. The van der Waals surface area contributed by atoms with E-state index in [4.69, 9.17) is 4.52 Å². The maximum absolute atomic E-state index is 12.6. The molecule has 2 heterocycles. The summed E-state index contributed by atoms with van der Waals surface area (Å²) >= 11 is 0. The predicted octanol–water partition coefficient (Wildman–Crippen LogP) is 1.25. The van der Waals surface area contributed by atoms with Crippen molar-refractivity contribution in [1.82, 2.24) is 14.4 Å². The van der Waals surface area contributed by atoms with Crippen molar-refractivity contribution in [2.24, 2.45) is 5.92 Å². The summed E-state index contributed by atoms with van der Waals surface area (Å²) in [4.78, 5) is 2.54. The van der Waals surface area contributed by atoms with Crippen molar-refractivity contribution < 1.29 is 12.9 Å². The molecule has 0 atom stereocenters. The third kappa shape index (κ3) is 3.05. The Morgan fingerprint density at radius 2 is 1.80 bits per heavy atom. The first-order valence-electron chi connectivity index (χ1n) is 6.97. The molecular formula is C13H23N3O3S. The van der Waals surface area contributed by atoms with Crippen LogP contribution < -0.4 is 0 Å². The monoisotopic (exact) mass is 301 g/mol. The lowest BCUT2D eigenvalue weighted by atomic mass is 10.2. The summed E-state index contributed by atoms with van der Waals surface area (Å²) < 4.78 is 31.8. The van der Waals surface area contributed by atoms with E-state index in [2.05, 4.69) is 23.9 Å². The molecule has 0 unspecified atom stereocenters. The zero-order valence-electron chi connectivity index (χ0n) is 12.6. The second-order valence-corrected chi connectivity index (χ2v) is 7.63. The molecule has 0 amide bonds. The fourth-order valence-corrected chi connectivity index (χ4v) is 4.35. The highest BCUT2D eigenvalue weighted by Crippen LogP contribution is 2.24. The topological polar surface area (TPSA) is 66.7 Å². The minimum absolute atomic E-state index is 0.231. The molecule has 0 aromatic carbocycles. The Kier molecular flexibility index (Phi) is 4.51. The summed E-state index contributed by atoms with van der Waals surface area (Å²) in [5.74, 6) is 0.966. The van der Waals surface area contributed by atoms with Crippen LogP contribution in [0, 0.1) is 19.8 Å². The van der Waals surface area contributed by atoms with Gasteiger partial charge in [0.25, 0.3) is 0 Å². The van der Waals surface area contributed by atoms with Crippen LogP contribution in [0.25, 0.3) is 0 Å². The summed E-state index contributed by atoms with van der Waals surface area (Å²) in [7, 11) is -3.48. The second-order valence-electron chi connectivity index (χ2n) is 5.75. The molecule has 7 heteroatoms. The van der Waals surface area contributed by atoms with Gasteiger partial charge in [0.15, 0.2) is 5.76 Å². The maximum Gasteiger partial charge on any atom is 0.248 e. The molecule has 0 radical (unpaired) electrons. The second kappa shape index (κ2) is 5.83. The van der Waals surface area contributed by atoms with E-state index in [1.54, 1.807) is 13.8 Å². The Morgan fingerprint density at radius 1 is 1.20 bits per heavy atom. The SMILES string of the molecule is Cc1noc(C)c1S(=O)(=O)N1CCN(CC(C)C)CC1. The van der Waals surface area contributed by atoms with Gasteiger partial charge in [-0.1, -0.05) is 19.0 Å². The highest BCUT2D eigenvalue weighted by atomic mass is 32.2. The third-order valence-electron chi connectivity index (χ3n) is 3.52. The van der Waals surface area contributed by atoms with Gasteiger partial charge >= 0.3 is 0 Å². The average Bonchev–Trinajstić information content (AvgIpc) is 2.69. The molecule has 0 aliphatic carbocycles. The van der Waals surface area contributed by atoms with Gasteiger partial charge in [-0.2, -0.15) is 4.31 Å². The standard InChI is InChI=1S/C13H23N3O3S/c1-10(2)9-15-5-7-16(8-6-15)20(17,18)13-11(3)14-19-12(13)4/h10H,5-9H2,1-4H3. The smallest absolute Gasteiger partial charge is 0.248 e. The van der Waals surface area contributed by atoms with Gasteiger partial charge in [0.05, 0.1) is 0 Å². The van der Waals surface area contributed by atoms with Crippen molar-refractivity contribution >= 4 is 10.0 Å². The Morgan fingerprint density at radius 3 is 2.25 bits per heavy atom. The number of sulfonamides is 1. The zero-order chi connectivity index (χ0) is 14.9. The van der Waals surface area contributed by atoms with E-state index >= 15 is 0 Å².